The van der Waals surface area contributed by atoms with Crippen LogP contribution in [-0.2, 0) is 0 Å². The summed E-state index contributed by atoms with van der Waals surface area (Å²) >= 11 is 0. The Hall–Kier alpha value is -0.900. The molecule has 0 amide bonds. The van der Waals surface area contributed by atoms with Crippen LogP contribution in [0, 0.1) is 13.8 Å². The number of aryl methyl sites for hydroxylation is 2. The zero-order valence-corrected chi connectivity index (χ0v) is 14.0. The molecule has 3 heteroatoms. The van der Waals surface area contributed by atoms with E-state index in [1.807, 2.05) is 0 Å². The predicted molar refractivity (Wildman–Crippen MR) is 88.6 cm³/mol. The Bertz CT molecular complexity index is 440. The van der Waals surface area contributed by atoms with Crippen LogP contribution in [-0.4, -0.2) is 54.7 Å². The molecule has 3 nitrogen and oxygen atoms in total. The van der Waals surface area contributed by atoms with Crippen LogP contribution in [0.25, 0.3) is 0 Å². The molecule has 1 saturated heterocycles. The minimum atomic E-state index is -0.354. The summed E-state index contributed by atoms with van der Waals surface area (Å²) in [5.41, 5.74) is 3.51. The van der Waals surface area contributed by atoms with Crippen LogP contribution in [0.2, 0.25) is 0 Å². The molecule has 118 valence electrons. The monoisotopic (exact) mass is 290 g/mol. The number of rotatable bonds is 5. The van der Waals surface area contributed by atoms with Crippen molar-refractivity contribution in [2.45, 2.75) is 45.3 Å². The SMILES string of the molecule is Cc1cc(C)cc(C(O)CCN(C)C2CCCN(C)C2)c1. The Morgan fingerprint density at radius 3 is 2.57 bits per heavy atom. The molecular formula is C18H30N2O. The third kappa shape index (κ3) is 4.80. The summed E-state index contributed by atoms with van der Waals surface area (Å²) in [4.78, 5) is 4.83. The first-order valence-corrected chi connectivity index (χ1v) is 8.10. The second-order valence-corrected chi connectivity index (χ2v) is 6.76. The van der Waals surface area contributed by atoms with Crippen molar-refractivity contribution in [3.05, 3.63) is 34.9 Å². The zero-order valence-electron chi connectivity index (χ0n) is 14.0. The quantitative estimate of drug-likeness (QED) is 0.903. The lowest BCUT2D eigenvalue weighted by atomic mass is 10.00. The topological polar surface area (TPSA) is 26.7 Å². The maximum atomic E-state index is 10.4. The number of hydrogen-bond donors (Lipinski definition) is 1. The fourth-order valence-corrected chi connectivity index (χ4v) is 3.38. The van der Waals surface area contributed by atoms with Crippen molar-refractivity contribution < 1.29 is 5.11 Å². The molecule has 0 spiro atoms. The van der Waals surface area contributed by atoms with Crippen molar-refractivity contribution in [1.29, 1.82) is 0 Å². The van der Waals surface area contributed by atoms with E-state index in [0.717, 1.165) is 25.1 Å². The maximum absolute atomic E-state index is 10.4. The third-order valence-corrected chi connectivity index (χ3v) is 4.61. The van der Waals surface area contributed by atoms with E-state index in [-0.39, 0.29) is 6.10 Å². The largest absolute Gasteiger partial charge is 0.388 e. The van der Waals surface area contributed by atoms with Crippen LogP contribution in [0.1, 0.15) is 42.1 Å². The van der Waals surface area contributed by atoms with Crippen LogP contribution in [0.3, 0.4) is 0 Å². The van der Waals surface area contributed by atoms with Gasteiger partial charge in [-0.25, -0.2) is 0 Å². The molecule has 1 aromatic rings. The average Bonchev–Trinajstić information content (AvgIpc) is 2.43. The molecule has 1 fully saturated rings. The van der Waals surface area contributed by atoms with Crippen LogP contribution in [0.4, 0.5) is 0 Å². The van der Waals surface area contributed by atoms with Gasteiger partial charge in [0.05, 0.1) is 6.10 Å². The number of aliphatic hydroxyl groups is 1. The molecule has 1 aliphatic heterocycles. The van der Waals surface area contributed by atoms with E-state index < -0.39 is 0 Å². The van der Waals surface area contributed by atoms with E-state index in [0.29, 0.717) is 6.04 Å². The number of benzene rings is 1. The molecule has 0 aliphatic carbocycles. The van der Waals surface area contributed by atoms with Crippen LogP contribution in [0.15, 0.2) is 18.2 Å². The molecule has 2 rings (SSSR count). The summed E-state index contributed by atoms with van der Waals surface area (Å²) in [6.45, 7) is 7.50. The van der Waals surface area contributed by atoms with Gasteiger partial charge >= 0.3 is 0 Å². The van der Waals surface area contributed by atoms with Crippen molar-refractivity contribution in [3.63, 3.8) is 0 Å². The molecule has 1 aromatic carbocycles. The third-order valence-electron chi connectivity index (χ3n) is 4.61. The first-order chi connectivity index (χ1) is 9.95. The van der Waals surface area contributed by atoms with Crippen LogP contribution >= 0.6 is 0 Å². The number of piperidine rings is 1. The molecule has 0 radical (unpaired) electrons. The fraction of sp³-hybridized carbons (Fsp3) is 0.667. The van der Waals surface area contributed by atoms with E-state index >= 15 is 0 Å². The molecule has 21 heavy (non-hydrogen) atoms. The van der Waals surface area contributed by atoms with E-state index in [1.54, 1.807) is 0 Å². The molecule has 1 N–H and O–H groups in total. The van der Waals surface area contributed by atoms with E-state index in [4.69, 9.17) is 0 Å². The normalized spacial score (nSPS) is 21.7. The lowest BCUT2D eigenvalue weighted by Gasteiger charge is -2.36. The predicted octanol–water partition coefficient (Wildman–Crippen LogP) is 2.75. The van der Waals surface area contributed by atoms with Gasteiger partial charge in [-0.2, -0.15) is 0 Å². The second kappa shape index (κ2) is 7.39. The number of aliphatic hydroxyl groups excluding tert-OH is 1. The highest BCUT2D eigenvalue weighted by Crippen LogP contribution is 2.21. The maximum Gasteiger partial charge on any atom is 0.0802 e. The summed E-state index contributed by atoms with van der Waals surface area (Å²) in [6.07, 6.45) is 3.01. The smallest absolute Gasteiger partial charge is 0.0802 e. The van der Waals surface area contributed by atoms with Gasteiger partial charge in [0.15, 0.2) is 0 Å². The Morgan fingerprint density at radius 1 is 1.29 bits per heavy atom. The second-order valence-electron chi connectivity index (χ2n) is 6.76. The first kappa shape index (κ1) is 16.5. The van der Waals surface area contributed by atoms with Gasteiger partial charge in [0.2, 0.25) is 0 Å². The Balaban J connectivity index is 1.86. The average molecular weight is 290 g/mol. The van der Waals surface area contributed by atoms with Crippen molar-refractivity contribution >= 4 is 0 Å². The van der Waals surface area contributed by atoms with Gasteiger partial charge in [-0.05, 0) is 59.3 Å². The zero-order chi connectivity index (χ0) is 15.4. The number of likely N-dealkylation sites (N-methyl/N-ethyl adjacent to an activating group) is 2. The van der Waals surface area contributed by atoms with E-state index in [1.165, 1.54) is 30.5 Å². The molecule has 2 atom stereocenters. The van der Waals surface area contributed by atoms with Gasteiger partial charge in [0, 0.05) is 19.1 Å². The summed E-state index contributed by atoms with van der Waals surface area (Å²) < 4.78 is 0. The summed E-state index contributed by atoms with van der Waals surface area (Å²) in [5, 5.41) is 10.4. The minimum Gasteiger partial charge on any atom is -0.388 e. The molecule has 0 aromatic heterocycles. The number of likely N-dealkylation sites (tertiary alicyclic amines) is 1. The van der Waals surface area contributed by atoms with E-state index in [9.17, 15) is 5.11 Å². The van der Waals surface area contributed by atoms with Crippen LogP contribution < -0.4 is 0 Å². The Morgan fingerprint density at radius 2 is 1.95 bits per heavy atom. The first-order valence-electron chi connectivity index (χ1n) is 8.10. The van der Waals surface area contributed by atoms with Gasteiger partial charge in [-0.15, -0.1) is 0 Å². The molecule has 0 saturated carbocycles. The van der Waals surface area contributed by atoms with Gasteiger partial charge in [0.25, 0.3) is 0 Å². The Kier molecular flexibility index (Phi) is 5.80. The highest BCUT2D eigenvalue weighted by Gasteiger charge is 2.21. The lowest BCUT2D eigenvalue weighted by Crippen LogP contribution is -2.45. The lowest BCUT2D eigenvalue weighted by molar-refractivity contribution is 0.104. The molecule has 1 aliphatic rings. The van der Waals surface area contributed by atoms with Crippen LogP contribution in [0.5, 0.6) is 0 Å². The summed E-state index contributed by atoms with van der Waals surface area (Å²) in [5.74, 6) is 0. The molecular weight excluding hydrogens is 260 g/mol. The summed E-state index contributed by atoms with van der Waals surface area (Å²) in [7, 11) is 4.39. The van der Waals surface area contributed by atoms with Gasteiger partial charge in [0.1, 0.15) is 0 Å². The summed E-state index contributed by atoms with van der Waals surface area (Å²) in [6, 6.07) is 6.99. The van der Waals surface area contributed by atoms with Gasteiger partial charge in [-0.3, -0.25) is 0 Å². The van der Waals surface area contributed by atoms with E-state index in [2.05, 4.69) is 55.9 Å². The molecule has 0 bridgehead atoms. The van der Waals surface area contributed by atoms with Crippen molar-refractivity contribution in [2.75, 3.05) is 33.7 Å². The minimum absolute atomic E-state index is 0.354. The highest BCUT2D eigenvalue weighted by molar-refractivity contribution is 5.29. The highest BCUT2D eigenvalue weighted by atomic mass is 16.3. The van der Waals surface area contributed by atoms with Gasteiger partial charge < -0.3 is 14.9 Å². The van der Waals surface area contributed by atoms with Gasteiger partial charge in [-0.1, -0.05) is 29.3 Å². The Labute approximate surface area is 129 Å². The van der Waals surface area contributed by atoms with Crippen molar-refractivity contribution in [3.8, 4) is 0 Å². The van der Waals surface area contributed by atoms with Crippen molar-refractivity contribution in [1.82, 2.24) is 9.80 Å². The van der Waals surface area contributed by atoms with Crippen molar-refractivity contribution in [2.24, 2.45) is 0 Å². The number of nitrogens with zero attached hydrogens (tertiary/aromatic N) is 2. The fourth-order valence-electron chi connectivity index (χ4n) is 3.38. The standard InChI is InChI=1S/C18H30N2O/c1-14-10-15(2)12-16(11-14)18(21)7-9-20(4)17-6-5-8-19(3)13-17/h10-12,17-18,21H,5-9,13H2,1-4H3. The molecule has 2 unspecified atom stereocenters. The molecule has 1 heterocycles. The number of hydrogen-bond acceptors (Lipinski definition) is 3.